The second-order valence-electron chi connectivity index (χ2n) is 8.95. The number of nitrogens with one attached hydrogen (secondary N) is 2. The highest BCUT2D eigenvalue weighted by atomic mass is 127. The summed E-state index contributed by atoms with van der Waals surface area (Å²) in [7, 11) is -1.23. The summed E-state index contributed by atoms with van der Waals surface area (Å²) < 4.78 is 35.8. The van der Waals surface area contributed by atoms with Crippen molar-refractivity contribution in [3.8, 4) is 0 Å². The van der Waals surface area contributed by atoms with E-state index in [1.54, 1.807) is 35.7 Å². The number of urea groups is 1. The van der Waals surface area contributed by atoms with Crippen molar-refractivity contribution in [2.24, 2.45) is 0 Å². The summed E-state index contributed by atoms with van der Waals surface area (Å²) in [6, 6.07) is 2.22. The van der Waals surface area contributed by atoms with Crippen LogP contribution < -0.4 is 10.6 Å². The number of carboxylic acid groups (broad SMARTS) is 1. The van der Waals surface area contributed by atoms with Gasteiger partial charge in [-0.05, 0) is 47.2 Å². The topological polar surface area (TPSA) is 105 Å². The number of nitrogens with zero attached hydrogens (tertiary/aromatic N) is 2. The Bertz CT molecular complexity index is 976. The molecule has 0 saturated carbocycles. The van der Waals surface area contributed by atoms with Gasteiger partial charge in [-0.25, -0.2) is 18.3 Å². The van der Waals surface area contributed by atoms with Crippen LogP contribution in [-0.2, 0) is 21.8 Å². The molecule has 0 aliphatic rings. The molecule has 0 saturated heterocycles. The van der Waals surface area contributed by atoms with Crippen molar-refractivity contribution in [1.82, 2.24) is 15.1 Å². The van der Waals surface area contributed by atoms with Crippen LogP contribution in [0.5, 0.6) is 0 Å². The number of hydrogen-bond donors (Lipinski definition) is 3. The average Bonchev–Trinajstić information content (AvgIpc) is 3.16. The van der Waals surface area contributed by atoms with Crippen molar-refractivity contribution in [1.29, 1.82) is 0 Å². The van der Waals surface area contributed by atoms with Crippen molar-refractivity contribution >= 4 is 48.4 Å². The molecule has 0 fully saturated rings. The van der Waals surface area contributed by atoms with E-state index >= 15 is 0 Å². The minimum atomic E-state index is -1.34. The molecule has 1 aromatic heterocycles. The summed E-state index contributed by atoms with van der Waals surface area (Å²) in [6.07, 6.45) is 2.82. The Kier molecular flexibility index (Phi) is 9.37. The number of anilines is 1. The van der Waals surface area contributed by atoms with Crippen LogP contribution in [0.3, 0.4) is 0 Å². The number of hydrogen-bond acceptors (Lipinski definition) is 4. The molecule has 0 aliphatic carbocycles. The molecule has 2 aromatic rings. The third-order valence-electron chi connectivity index (χ3n) is 5.06. The zero-order chi connectivity index (χ0) is 24.8. The fourth-order valence-electron chi connectivity index (χ4n) is 3.14. The first-order valence-corrected chi connectivity index (χ1v) is 15.2. The molecule has 33 heavy (non-hydrogen) atoms. The average molecular weight is 594 g/mol. The number of ether oxygens (including phenoxy) is 1. The molecule has 0 radical (unpaired) electrons. The van der Waals surface area contributed by atoms with Gasteiger partial charge in [-0.2, -0.15) is 5.10 Å². The van der Waals surface area contributed by atoms with Gasteiger partial charge in [0.2, 0.25) is 0 Å². The number of benzene rings is 1. The zero-order valence-electron chi connectivity index (χ0n) is 19.0. The predicted octanol–water partition coefficient (Wildman–Crippen LogP) is 4.98. The molecule has 1 atom stereocenters. The monoisotopic (exact) mass is 594 g/mol. The van der Waals surface area contributed by atoms with E-state index in [1.165, 1.54) is 10.9 Å². The fraction of sp³-hybridized carbons (Fsp3) is 0.476. The lowest BCUT2D eigenvalue weighted by Crippen LogP contribution is -2.48. The van der Waals surface area contributed by atoms with Gasteiger partial charge in [-0.15, -0.1) is 0 Å². The van der Waals surface area contributed by atoms with Crippen LogP contribution >= 0.6 is 22.6 Å². The number of aromatic nitrogens is 2. The van der Waals surface area contributed by atoms with Gasteiger partial charge in [0.1, 0.15) is 12.4 Å². The first kappa shape index (κ1) is 27.2. The number of halogens is 3. The minimum Gasteiger partial charge on any atom is -0.481 e. The Hall–Kier alpha value is -2.06. The normalized spacial score (nSPS) is 13.4. The predicted molar refractivity (Wildman–Crippen MR) is 132 cm³/mol. The Morgan fingerprint density at radius 3 is 2.45 bits per heavy atom. The van der Waals surface area contributed by atoms with Crippen LogP contribution in [0.2, 0.25) is 25.7 Å². The number of rotatable bonds is 11. The Morgan fingerprint density at radius 1 is 1.27 bits per heavy atom. The van der Waals surface area contributed by atoms with Gasteiger partial charge in [0, 0.05) is 30.0 Å². The van der Waals surface area contributed by atoms with Crippen LogP contribution in [0.25, 0.3) is 0 Å². The molecule has 0 aliphatic heterocycles. The summed E-state index contributed by atoms with van der Waals surface area (Å²) in [5.41, 5.74) is -1.51. The van der Waals surface area contributed by atoms with Crippen molar-refractivity contribution in [2.75, 3.05) is 11.9 Å². The smallest absolute Gasteiger partial charge is 0.320 e. The van der Waals surface area contributed by atoms with E-state index in [0.717, 1.165) is 18.2 Å². The van der Waals surface area contributed by atoms with Gasteiger partial charge in [-0.3, -0.25) is 4.79 Å². The molecule has 3 N–H and O–H groups in total. The first-order valence-electron chi connectivity index (χ1n) is 10.4. The minimum absolute atomic E-state index is 0.183. The largest absolute Gasteiger partial charge is 0.481 e. The second kappa shape index (κ2) is 11.4. The highest BCUT2D eigenvalue weighted by Crippen LogP contribution is 2.30. The lowest BCUT2D eigenvalue weighted by Gasteiger charge is -2.31. The Balaban J connectivity index is 2.19. The van der Waals surface area contributed by atoms with Crippen molar-refractivity contribution in [3.63, 3.8) is 0 Å². The lowest BCUT2D eigenvalue weighted by atomic mass is 9.86. The van der Waals surface area contributed by atoms with Crippen molar-refractivity contribution in [3.05, 3.63) is 45.3 Å². The summed E-state index contributed by atoms with van der Waals surface area (Å²) in [5.74, 6) is -3.01. The molecular formula is C21H29F2IN4O4Si. The van der Waals surface area contributed by atoms with Crippen LogP contribution in [0.1, 0.15) is 25.3 Å². The quantitative estimate of drug-likeness (QED) is 0.194. The maximum atomic E-state index is 14.1. The second-order valence-corrected chi connectivity index (χ2v) is 15.8. The van der Waals surface area contributed by atoms with E-state index < -0.39 is 49.4 Å². The van der Waals surface area contributed by atoms with Gasteiger partial charge < -0.3 is 20.5 Å². The summed E-state index contributed by atoms with van der Waals surface area (Å²) >= 11 is 1.76. The van der Waals surface area contributed by atoms with Gasteiger partial charge in [0.15, 0.2) is 11.6 Å². The van der Waals surface area contributed by atoms with Crippen LogP contribution in [0.4, 0.5) is 19.3 Å². The van der Waals surface area contributed by atoms with E-state index in [9.17, 15) is 23.5 Å². The van der Waals surface area contributed by atoms with E-state index in [2.05, 4.69) is 35.4 Å². The molecule has 182 valence electrons. The number of carbonyl (C=O) groups excluding carboxylic acids is 1. The van der Waals surface area contributed by atoms with Gasteiger partial charge in [0.25, 0.3) is 0 Å². The fourth-order valence-corrected chi connectivity index (χ4v) is 4.44. The van der Waals surface area contributed by atoms with Crippen LogP contribution in [0.15, 0.2) is 24.5 Å². The third-order valence-corrected chi connectivity index (χ3v) is 7.39. The molecule has 2 rings (SSSR count). The molecule has 1 heterocycles. The van der Waals surface area contributed by atoms with Gasteiger partial charge in [-0.1, -0.05) is 26.6 Å². The van der Waals surface area contributed by atoms with Crippen LogP contribution in [-0.4, -0.2) is 41.6 Å². The number of carboxylic acids is 1. The van der Waals surface area contributed by atoms with Crippen LogP contribution in [0, 0.1) is 15.2 Å². The van der Waals surface area contributed by atoms with Gasteiger partial charge in [0.05, 0.1) is 18.2 Å². The summed E-state index contributed by atoms with van der Waals surface area (Å²) in [5, 5.41) is 18.4. The standard InChI is InChI=1S/C21H29F2IN4O4Si/c1-5-21(10-18(29)30,14-11-25-28(12-14)13-32-6-7-33(2,3)4)27-20(31)26-19-16(22)8-15(24)9-17(19)23/h8-9,11-12H,5-7,10,13H2,1-4H3,(H,29,30)(H2,26,27,31). The van der Waals surface area contributed by atoms with Crippen molar-refractivity contribution < 1.29 is 28.2 Å². The molecular weight excluding hydrogens is 565 g/mol. The van der Waals surface area contributed by atoms with Crippen molar-refractivity contribution in [2.45, 2.75) is 57.7 Å². The zero-order valence-corrected chi connectivity index (χ0v) is 22.2. The first-order chi connectivity index (χ1) is 15.3. The van der Waals surface area contributed by atoms with E-state index in [-0.39, 0.29) is 13.2 Å². The molecule has 1 unspecified atom stereocenters. The molecule has 0 spiro atoms. The molecule has 2 amide bonds. The SMILES string of the molecule is CCC(CC(=O)O)(NC(=O)Nc1c(F)cc(I)cc1F)c1cnn(COCC[Si](C)(C)C)c1. The Labute approximate surface area is 206 Å². The molecule has 12 heteroatoms. The number of amides is 2. The summed E-state index contributed by atoms with van der Waals surface area (Å²) in [6.45, 7) is 9.21. The highest BCUT2D eigenvalue weighted by Gasteiger charge is 2.36. The number of aliphatic carboxylic acids is 1. The summed E-state index contributed by atoms with van der Waals surface area (Å²) in [4.78, 5) is 24.2. The van der Waals surface area contributed by atoms with E-state index in [4.69, 9.17) is 4.74 Å². The highest BCUT2D eigenvalue weighted by molar-refractivity contribution is 14.1. The number of carbonyl (C=O) groups is 2. The molecule has 0 bridgehead atoms. The lowest BCUT2D eigenvalue weighted by molar-refractivity contribution is -0.138. The molecule has 1 aromatic carbocycles. The van der Waals surface area contributed by atoms with Gasteiger partial charge >= 0.3 is 12.0 Å². The van der Waals surface area contributed by atoms with E-state index in [0.29, 0.717) is 15.7 Å². The maximum Gasteiger partial charge on any atom is 0.320 e. The Morgan fingerprint density at radius 2 is 1.91 bits per heavy atom. The van der Waals surface area contributed by atoms with E-state index in [1.807, 2.05) is 0 Å². The maximum absolute atomic E-state index is 14.1. The molecule has 8 nitrogen and oxygen atoms in total. The third kappa shape index (κ3) is 8.03.